The number of nitrogens with zero attached hydrogens (tertiary/aromatic N) is 3. The highest BCUT2D eigenvalue weighted by Crippen LogP contribution is 2.22. The maximum Gasteiger partial charge on any atom is 0.254 e. The third kappa shape index (κ3) is 4.45. The van der Waals surface area contributed by atoms with Crippen LogP contribution in [0.25, 0.3) is 11.1 Å². The van der Waals surface area contributed by atoms with Gasteiger partial charge in [-0.25, -0.2) is 0 Å². The third-order valence-electron chi connectivity index (χ3n) is 4.86. The maximum atomic E-state index is 12.9. The average Bonchev–Trinajstić information content (AvgIpc) is 3.35. The van der Waals surface area contributed by atoms with Gasteiger partial charge >= 0.3 is 0 Å². The predicted molar refractivity (Wildman–Crippen MR) is 105 cm³/mol. The molecule has 0 saturated heterocycles. The first-order valence-electron chi connectivity index (χ1n) is 9.43. The molecule has 142 valence electrons. The Balaban J connectivity index is 1.68. The molecule has 0 radical (unpaired) electrons. The van der Waals surface area contributed by atoms with Crippen LogP contribution in [-0.4, -0.2) is 46.1 Å². The van der Waals surface area contributed by atoms with Crippen molar-refractivity contribution in [1.82, 2.24) is 20.0 Å². The number of benzene rings is 1. The zero-order valence-electron chi connectivity index (χ0n) is 15.9. The number of aromatic nitrogens is 2. The smallest absolute Gasteiger partial charge is 0.254 e. The van der Waals surface area contributed by atoms with Crippen LogP contribution in [-0.2, 0) is 11.3 Å². The Hall–Kier alpha value is -2.89. The van der Waals surface area contributed by atoms with Gasteiger partial charge in [-0.05, 0) is 24.1 Å². The van der Waals surface area contributed by atoms with Crippen LogP contribution >= 0.6 is 0 Å². The van der Waals surface area contributed by atoms with Crippen LogP contribution in [0.4, 0.5) is 0 Å². The van der Waals surface area contributed by atoms with E-state index < -0.39 is 0 Å². The number of likely N-dealkylation sites (N-methyl/N-ethyl adjacent to an activating group) is 1. The maximum absolute atomic E-state index is 12.9. The quantitative estimate of drug-likeness (QED) is 0.766. The van der Waals surface area contributed by atoms with Crippen LogP contribution in [0.5, 0.6) is 0 Å². The summed E-state index contributed by atoms with van der Waals surface area (Å²) in [6.45, 7) is 3.04. The second-order valence-electron chi connectivity index (χ2n) is 6.77. The molecule has 2 aromatic rings. The molecule has 1 aliphatic rings. The molecule has 1 aromatic carbocycles. The molecule has 1 aromatic heterocycles. The molecule has 0 spiro atoms. The van der Waals surface area contributed by atoms with E-state index in [1.54, 1.807) is 17.9 Å². The van der Waals surface area contributed by atoms with Gasteiger partial charge in [-0.15, -0.1) is 0 Å². The van der Waals surface area contributed by atoms with E-state index in [9.17, 15) is 9.59 Å². The molecule has 0 saturated carbocycles. The van der Waals surface area contributed by atoms with Crippen LogP contribution in [0.3, 0.4) is 0 Å². The highest BCUT2D eigenvalue weighted by molar-refractivity contribution is 5.95. The number of hydrogen-bond donors (Lipinski definition) is 1. The van der Waals surface area contributed by atoms with E-state index in [0.29, 0.717) is 12.1 Å². The van der Waals surface area contributed by atoms with Gasteiger partial charge in [0.1, 0.15) is 6.54 Å². The molecular weight excluding hydrogens is 340 g/mol. The Morgan fingerprint density at radius 1 is 1.22 bits per heavy atom. The Morgan fingerprint density at radius 2 is 2.00 bits per heavy atom. The number of amides is 2. The predicted octanol–water partition coefficient (Wildman–Crippen LogP) is 2.87. The number of rotatable bonds is 7. The normalized spacial score (nSPS) is 15.9. The van der Waals surface area contributed by atoms with Gasteiger partial charge in [0.2, 0.25) is 5.91 Å². The van der Waals surface area contributed by atoms with E-state index in [4.69, 9.17) is 0 Å². The Labute approximate surface area is 159 Å². The Kier molecular flexibility index (Phi) is 6.06. The lowest BCUT2D eigenvalue weighted by Gasteiger charge is -2.24. The number of carbonyl (C=O) groups excluding carboxylic acids is 2. The molecule has 3 rings (SSSR count). The van der Waals surface area contributed by atoms with Crippen LogP contribution in [0.2, 0.25) is 0 Å². The van der Waals surface area contributed by atoms with Crippen LogP contribution in [0.15, 0.2) is 48.8 Å². The summed E-state index contributed by atoms with van der Waals surface area (Å²) in [5.74, 6) is -0.0228. The molecule has 1 unspecified atom stereocenters. The van der Waals surface area contributed by atoms with Crippen molar-refractivity contribution in [3.63, 3.8) is 0 Å². The zero-order valence-corrected chi connectivity index (χ0v) is 15.9. The van der Waals surface area contributed by atoms with Crippen LogP contribution in [0, 0.1) is 0 Å². The summed E-state index contributed by atoms with van der Waals surface area (Å²) in [6.07, 6.45) is 11.0. The molecule has 1 aliphatic heterocycles. The van der Waals surface area contributed by atoms with E-state index in [1.807, 2.05) is 35.4 Å². The topological polar surface area (TPSA) is 67.2 Å². The van der Waals surface area contributed by atoms with Crippen molar-refractivity contribution in [3.8, 4) is 11.1 Å². The lowest BCUT2D eigenvalue weighted by atomic mass is 10.1. The van der Waals surface area contributed by atoms with E-state index >= 15 is 0 Å². The van der Waals surface area contributed by atoms with Crippen molar-refractivity contribution >= 4 is 11.8 Å². The van der Waals surface area contributed by atoms with Crippen molar-refractivity contribution in [2.45, 2.75) is 38.8 Å². The van der Waals surface area contributed by atoms with Gasteiger partial charge < -0.3 is 10.2 Å². The van der Waals surface area contributed by atoms with Crippen molar-refractivity contribution in [2.24, 2.45) is 0 Å². The van der Waals surface area contributed by atoms with Gasteiger partial charge in [0.25, 0.3) is 5.91 Å². The summed E-state index contributed by atoms with van der Waals surface area (Å²) < 4.78 is 1.60. The standard InChI is InChI=1S/C21H26N4O2/c1-3-4-6-19-7-5-12-25(19)21(27)17-10-8-16(9-11-17)18-13-23-24(14-18)15-20(26)22-2/h5,7-11,13-14,19H,3-4,6,12,15H2,1-2H3,(H,22,26). The molecule has 1 N–H and O–H groups in total. The van der Waals surface area contributed by atoms with Gasteiger partial charge in [-0.3, -0.25) is 14.3 Å². The molecule has 6 nitrogen and oxygen atoms in total. The second-order valence-corrected chi connectivity index (χ2v) is 6.77. The number of hydrogen-bond acceptors (Lipinski definition) is 3. The fourth-order valence-corrected chi connectivity index (χ4v) is 3.27. The van der Waals surface area contributed by atoms with E-state index in [0.717, 1.165) is 30.4 Å². The summed E-state index contributed by atoms with van der Waals surface area (Å²) in [6, 6.07) is 7.80. The van der Waals surface area contributed by atoms with Gasteiger partial charge in [0, 0.05) is 30.9 Å². The third-order valence-corrected chi connectivity index (χ3v) is 4.86. The van der Waals surface area contributed by atoms with Gasteiger partial charge in [0.05, 0.1) is 12.2 Å². The van der Waals surface area contributed by atoms with E-state index in [-0.39, 0.29) is 24.4 Å². The molecule has 1 atom stereocenters. The average molecular weight is 366 g/mol. The highest BCUT2D eigenvalue weighted by Gasteiger charge is 2.25. The summed E-state index contributed by atoms with van der Waals surface area (Å²) in [7, 11) is 1.60. The first kappa shape index (κ1) is 18.9. The largest absolute Gasteiger partial charge is 0.358 e. The first-order chi connectivity index (χ1) is 13.1. The van der Waals surface area contributed by atoms with E-state index in [1.165, 1.54) is 0 Å². The minimum absolute atomic E-state index is 0.0722. The van der Waals surface area contributed by atoms with Gasteiger partial charge in [0.15, 0.2) is 0 Å². The number of nitrogens with one attached hydrogen (secondary N) is 1. The fourth-order valence-electron chi connectivity index (χ4n) is 3.27. The highest BCUT2D eigenvalue weighted by atomic mass is 16.2. The molecule has 27 heavy (non-hydrogen) atoms. The molecule has 0 fully saturated rings. The summed E-state index contributed by atoms with van der Waals surface area (Å²) >= 11 is 0. The van der Waals surface area contributed by atoms with Crippen LogP contribution < -0.4 is 5.32 Å². The number of carbonyl (C=O) groups is 2. The van der Waals surface area contributed by atoms with Gasteiger partial charge in [-0.2, -0.15) is 5.10 Å². The summed E-state index contributed by atoms with van der Waals surface area (Å²) in [4.78, 5) is 26.2. The lowest BCUT2D eigenvalue weighted by molar-refractivity contribution is -0.121. The SMILES string of the molecule is CCCCC1C=CCN1C(=O)c1ccc(-c2cnn(CC(=O)NC)c2)cc1. The Bertz CT molecular complexity index is 823. The summed E-state index contributed by atoms with van der Waals surface area (Å²) in [5.41, 5.74) is 2.58. The van der Waals surface area contributed by atoms with Crippen molar-refractivity contribution in [2.75, 3.05) is 13.6 Å². The molecular formula is C21H26N4O2. The second kappa shape index (κ2) is 8.66. The Morgan fingerprint density at radius 3 is 2.70 bits per heavy atom. The molecule has 0 bridgehead atoms. The zero-order chi connectivity index (χ0) is 19.2. The minimum Gasteiger partial charge on any atom is -0.358 e. The molecule has 0 aliphatic carbocycles. The van der Waals surface area contributed by atoms with Crippen LogP contribution in [0.1, 0.15) is 36.5 Å². The molecule has 2 heterocycles. The lowest BCUT2D eigenvalue weighted by Crippen LogP contribution is -2.36. The van der Waals surface area contributed by atoms with Crippen molar-refractivity contribution < 1.29 is 9.59 Å². The molecule has 2 amide bonds. The molecule has 6 heteroatoms. The summed E-state index contributed by atoms with van der Waals surface area (Å²) in [5, 5.41) is 6.79. The van der Waals surface area contributed by atoms with Crippen molar-refractivity contribution in [1.29, 1.82) is 0 Å². The monoisotopic (exact) mass is 366 g/mol. The number of unbranched alkanes of at least 4 members (excludes halogenated alkanes) is 1. The fraction of sp³-hybridized carbons (Fsp3) is 0.381. The van der Waals surface area contributed by atoms with Gasteiger partial charge in [-0.1, -0.05) is 44.1 Å². The van der Waals surface area contributed by atoms with Crippen molar-refractivity contribution in [3.05, 3.63) is 54.4 Å². The van der Waals surface area contributed by atoms with E-state index in [2.05, 4.69) is 29.5 Å². The first-order valence-corrected chi connectivity index (χ1v) is 9.43. The minimum atomic E-state index is -0.0950.